The van der Waals surface area contributed by atoms with Crippen molar-refractivity contribution in [3.63, 3.8) is 0 Å². The zero-order valence-electron chi connectivity index (χ0n) is 15.9. The van der Waals surface area contributed by atoms with E-state index in [2.05, 4.69) is 20.4 Å². The minimum absolute atomic E-state index is 0.260. The van der Waals surface area contributed by atoms with Gasteiger partial charge in [-0.15, -0.1) is 0 Å². The smallest absolute Gasteiger partial charge is 0.144 e. The van der Waals surface area contributed by atoms with Crippen LogP contribution >= 0.6 is 0 Å². The van der Waals surface area contributed by atoms with E-state index in [-0.39, 0.29) is 4.75 Å². The summed E-state index contributed by atoms with van der Waals surface area (Å²) in [5, 5.41) is 1.20. The second-order valence-corrected chi connectivity index (χ2v) is 10.8. The third kappa shape index (κ3) is 3.39. The van der Waals surface area contributed by atoms with Crippen LogP contribution in [0.25, 0.3) is 10.9 Å². The van der Waals surface area contributed by atoms with E-state index in [1.165, 1.54) is 36.6 Å². The van der Waals surface area contributed by atoms with Crippen LogP contribution in [0.1, 0.15) is 70.8 Å². The first-order valence-electron chi connectivity index (χ1n) is 9.53. The van der Waals surface area contributed by atoms with Crippen LogP contribution in [0.2, 0.25) is 0 Å². The van der Waals surface area contributed by atoms with E-state index in [1.54, 1.807) is 0 Å². The first kappa shape index (κ1) is 17.9. The second-order valence-electron chi connectivity index (χ2n) is 8.94. The molecule has 138 valence electrons. The Hall–Kier alpha value is -1.46. The molecule has 4 nitrogen and oxygen atoms in total. The third-order valence-electron chi connectivity index (χ3n) is 5.96. The Kier molecular flexibility index (Phi) is 4.56. The Morgan fingerprint density at radius 3 is 2.58 bits per heavy atom. The van der Waals surface area contributed by atoms with Crippen molar-refractivity contribution in [2.75, 3.05) is 0 Å². The SMILES string of the molecule is CC(C)(C)[S+]([O-])N=C1CC2(CCC(c3ccnc4ccncc34)CC2)C1. The molecule has 0 N–H and O–H groups in total. The maximum atomic E-state index is 12.2. The highest BCUT2D eigenvalue weighted by atomic mass is 32.2. The molecule has 1 unspecified atom stereocenters. The molecular formula is C21H27N3OS. The molecule has 1 spiro atoms. The predicted octanol–water partition coefficient (Wildman–Crippen LogP) is 4.97. The third-order valence-corrected chi connectivity index (χ3v) is 7.43. The number of aromatic nitrogens is 2. The lowest BCUT2D eigenvalue weighted by atomic mass is 9.57. The highest BCUT2D eigenvalue weighted by molar-refractivity contribution is 7.91. The van der Waals surface area contributed by atoms with Crippen molar-refractivity contribution in [3.05, 3.63) is 36.3 Å². The lowest BCUT2D eigenvalue weighted by Crippen LogP contribution is -2.41. The van der Waals surface area contributed by atoms with Gasteiger partial charge >= 0.3 is 0 Å². The molecule has 2 heterocycles. The van der Waals surface area contributed by atoms with Crippen LogP contribution in [0.3, 0.4) is 0 Å². The average Bonchev–Trinajstić information content (AvgIpc) is 2.60. The van der Waals surface area contributed by atoms with Gasteiger partial charge in [-0.05, 0) is 88.3 Å². The van der Waals surface area contributed by atoms with E-state index in [9.17, 15) is 4.55 Å². The largest absolute Gasteiger partial charge is 0.591 e. The van der Waals surface area contributed by atoms with E-state index >= 15 is 0 Å². The summed E-state index contributed by atoms with van der Waals surface area (Å²) in [6, 6.07) is 4.17. The summed E-state index contributed by atoms with van der Waals surface area (Å²) in [5.41, 5.74) is 4.02. The Bertz CT molecular complexity index is 819. The molecule has 0 radical (unpaired) electrons. The van der Waals surface area contributed by atoms with Gasteiger partial charge in [0, 0.05) is 24.0 Å². The molecule has 2 aliphatic carbocycles. The second kappa shape index (κ2) is 6.61. The van der Waals surface area contributed by atoms with Crippen LogP contribution in [0, 0.1) is 5.41 Å². The number of pyridine rings is 2. The van der Waals surface area contributed by atoms with Crippen LogP contribution in [0.4, 0.5) is 0 Å². The minimum Gasteiger partial charge on any atom is -0.591 e. The fourth-order valence-electron chi connectivity index (χ4n) is 4.39. The molecule has 2 aliphatic rings. The highest BCUT2D eigenvalue weighted by Gasteiger charge is 2.46. The number of rotatable bonds is 2. The van der Waals surface area contributed by atoms with Crippen molar-refractivity contribution in [2.24, 2.45) is 9.81 Å². The first-order chi connectivity index (χ1) is 12.4. The molecule has 0 aliphatic heterocycles. The van der Waals surface area contributed by atoms with Crippen LogP contribution in [-0.4, -0.2) is 25.0 Å². The zero-order chi connectivity index (χ0) is 18.4. The first-order valence-corrected chi connectivity index (χ1v) is 10.6. The van der Waals surface area contributed by atoms with Gasteiger partial charge in [0.1, 0.15) is 16.1 Å². The molecule has 5 heteroatoms. The zero-order valence-corrected chi connectivity index (χ0v) is 16.7. The van der Waals surface area contributed by atoms with Crippen molar-refractivity contribution in [1.29, 1.82) is 0 Å². The number of fused-ring (bicyclic) bond motifs is 1. The molecule has 2 fully saturated rings. The van der Waals surface area contributed by atoms with Gasteiger partial charge in [0.05, 0.1) is 11.2 Å². The normalized spacial score (nSPS) is 27.4. The molecule has 0 amide bonds. The lowest BCUT2D eigenvalue weighted by Gasteiger charge is -2.47. The molecular weight excluding hydrogens is 342 g/mol. The summed E-state index contributed by atoms with van der Waals surface area (Å²) < 4.78 is 16.4. The number of hydrogen-bond donors (Lipinski definition) is 0. The Morgan fingerprint density at radius 1 is 1.15 bits per heavy atom. The quantitative estimate of drug-likeness (QED) is 0.702. The molecule has 2 aromatic heterocycles. The summed E-state index contributed by atoms with van der Waals surface area (Å²) >= 11 is -1.12. The summed E-state index contributed by atoms with van der Waals surface area (Å²) in [4.78, 5) is 8.76. The summed E-state index contributed by atoms with van der Waals surface area (Å²) in [6.45, 7) is 5.96. The molecule has 0 saturated heterocycles. The van der Waals surface area contributed by atoms with E-state index in [4.69, 9.17) is 0 Å². The average molecular weight is 370 g/mol. The standard InChI is InChI=1S/C21H27N3OS/c1-20(2,3)26(25)24-16-12-21(13-16)8-4-15(5-9-21)17-6-11-23-19-7-10-22-14-18(17)19/h6-7,10-11,14-15H,4-5,8-9,12-13H2,1-3H3. The summed E-state index contributed by atoms with van der Waals surface area (Å²) in [7, 11) is 0. The lowest BCUT2D eigenvalue weighted by molar-refractivity contribution is 0.158. The molecule has 26 heavy (non-hydrogen) atoms. The van der Waals surface area contributed by atoms with Crippen molar-refractivity contribution in [3.8, 4) is 0 Å². The van der Waals surface area contributed by atoms with Crippen LogP contribution in [0.15, 0.2) is 35.1 Å². The van der Waals surface area contributed by atoms with Gasteiger partial charge in [0.15, 0.2) is 0 Å². The van der Waals surface area contributed by atoms with Crippen molar-refractivity contribution in [1.82, 2.24) is 9.97 Å². The Balaban J connectivity index is 1.42. The van der Waals surface area contributed by atoms with Gasteiger partial charge in [0.2, 0.25) is 0 Å². The summed E-state index contributed by atoms with van der Waals surface area (Å²) in [5.74, 6) is 0.597. The fraction of sp³-hybridized carbons (Fsp3) is 0.571. The topological polar surface area (TPSA) is 61.2 Å². The van der Waals surface area contributed by atoms with E-state index < -0.39 is 11.4 Å². The van der Waals surface area contributed by atoms with Crippen LogP contribution in [0.5, 0.6) is 0 Å². The number of nitrogens with zero attached hydrogens (tertiary/aromatic N) is 3. The maximum absolute atomic E-state index is 12.2. The molecule has 2 aromatic rings. The molecule has 2 saturated carbocycles. The Labute approximate surface area is 158 Å². The Morgan fingerprint density at radius 2 is 1.88 bits per heavy atom. The monoisotopic (exact) mass is 369 g/mol. The summed E-state index contributed by atoms with van der Waals surface area (Å²) in [6.07, 6.45) is 12.7. The van der Waals surface area contributed by atoms with Gasteiger partial charge in [-0.1, -0.05) is 4.40 Å². The van der Waals surface area contributed by atoms with Crippen molar-refractivity contribution < 1.29 is 4.55 Å². The van der Waals surface area contributed by atoms with Crippen LogP contribution in [-0.2, 0) is 11.4 Å². The van der Waals surface area contributed by atoms with E-state index in [1.807, 2.05) is 45.4 Å². The number of hydrogen-bond acceptors (Lipinski definition) is 4. The van der Waals surface area contributed by atoms with Gasteiger partial charge in [-0.2, -0.15) is 0 Å². The van der Waals surface area contributed by atoms with E-state index in [0.29, 0.717) is 11.3 Å². The molecule has 4 rings (SSSR count). The van der Waals surface area contributed by atoms with Gasteiger partial charge in [-0.3, -0.25) is 9.97 Å². The van der Waals surface area contributed by atoms with Gasteiger partial charge in [0.25, 0.3) is 0 Å². The van der Waals surface area contributed by atoms with Gasteiger partial charge in [-0.25, -0.2) is 0 Å². The van der Waals surface area contributed by atoms with E-state index in [0.717, 1.165) is 24.1 Å². The molecule has 0 bridgehead atoms. The maximum Gasteiger partial charge on any atom is 0.144 e. The minimum atomic E-state index is -1.12. The van der Waals surface area contributed by atoms with Crippen LogP contribution < -0.4 is 0 Å². The van der Waals surface area contributed by atoms with Gasteiger partial charge < -0.3 is 4.55 Å². The molecule has 0 aromatic carbocycles. The molecule has 1 atom stereocenters. The fourth-order valence-corrected chi connectivity index (χ4v) is 5.03. The van der Waals surface area contributed by atoms with Crippen molar-refractivity contribution in [2.45, 2.75) is 70.0 Å². The predicted molar refractivity (Wildman–Crippen MR) is 108 cm³/mol. The van der Waals surface area contributed by atoms with Crippen molar-refractivity contribution >= 4 is 28.0 Å². The highest BCUT2D eigenvalue weighted by Crippen LogP contribution is 2.54.